The van der Waals surface area contributed by atoms with E-state index < -0.39 is 0 Å². The summed E-state index contributed by atoms with van der Waals surface area (Å²) >= 11 is 8.30. The Labute approximate surface area is 149 Å². The molecule has 3 nitrogen and oxygen atoms in total. The number of aromatic hydroxyl groups is 1. The summed E-state index contributed by atoms with van der Waals surface area (Å²) in [6.07, 6.45) is 5.95. The molecule has 1 aromatic heterocycles. The lowest BCUT2D eigenvalue weighted by Gasteiger charge is -2.09. The van der Waals surface area contributed by atoms with Crippen molar-refractivity contribution in [3.63, 3.8) is 0 Å². The molecule has 1 aliphatic carbocycles. The number of phenolic OH excluding ortho intramolecular Hbond substituents is 1. The molecule has 0 fully saturated rings. The predicted octanol–water partition coefficient (Wildman–Crippen LogP) is 5.48. The first-order valence-electron chi connectivity index (χ1n) is 6.87. The summed E-state index contributed by atoms with van der Waals surface area (Å²) < 4.78 is 1.46. The van der Waals surface area contributed by atoms with E-state index in [4.69, 9.17) is 0 Å². The molecule has 0 atom stereocenters. The van der Waals surface area contributed by atoms with Crippen molar-refractivity contribution in [1.82, 2.24) is 0 Å². The SMILES string of the molecule is N#Cc1c(/N=C/c2cc(Br)cc(Br)c2O)sc2c1CCCC2. The Bertz CT molecular complexity index is 805. The highest BCUT2D eigenvalue weighted by atomic mass is 79.9. The molecule has 1 N–H and O–H groups in total. The second-order valence-electron chi connectivity index (χ2n) is 5.09. The van der Waals surface area contributed by atoms with Crippen LogP contribution in [0.5, 0.6) is 5.75 Å². The van der Waals surface area contributed by atoms with Crippen molar-refractivity contribution >= 4 is 54.4 Å². The van der Waals surface area contributed by atoms with Crippen LogP contribution in [0.4, 0.5) is 5.00 Å². The van der Waals surface area contributed by atoms with E-state index in [9.17, 15) is 10.4 Å². The third-order valence-electron chi connectivity index (χ3n) is 3.64. The van der Waals surface area contributed by atoms with Gasteiger partial charge in [-0.25, -0.2) is 4.99 Å². The highest BCUT2D eigenvalue weighted by Crippen LogP contribution is 2.39. The van der Waals surface area contributed by atoms with Gasteiger partial charge in [0.1, 0.15) is 16.8 Å². The van der Waals surface area contributed by atoms with Crippen LogP contribution < -0.4 is 0 Å². The minimum atomic E-state index is 0.145. The van der Waals surface area contributed by atoms with E-state index in [1.165, 1.54) is 16.9 Å². The van der Waals surface area contributed by atoms with Gasteiger partial charge in [0.25, 0.3) is 0 Å². The quantitative estimate of drug-likeness (QED) is 0.629. The first-order chi connectivity index (χ1) is 10.6. The van der Waals surface area contributed by atoms with E-state index in [1.54, 1.807) is 29.7 Å². The maximum absolute atomic E-state index is 10.1. The van der Waals surface area contributed by atoms with Crippen LogP contribution in [0, 0.1) is 11.3 Å². The number of halogens is 2. The Hall–Kier alpha value is -1.16. The van der Waals surface area contributed by atoms with Gasteiger partial charge in [0.15, 0.2) is 0 Å². The smallest absolute Gasteiger partial charge is 0.138 e. The lowest BCUT2D eigenvalue weighted by molar-refractivity contribution is 0.471. The summed E-state index contributed by atoms with van der Waals surface area (Å²) in [7, 11) is 0. The van der Waals surface area contributed by atoms with E-state index in [0.29, 0.717) is 15.6 Å². The fourth-order valence-electron chi connectivity index (χ4n) is 2.57. The lowest BCUT2D eigenvalue weighted by atomic mass is 9.96. The van der Waals surface area contributed by atoms with E-state index in [2.05, 4.69) is 42.9 Å². The number of fused-ring (bicyclic) bond motifs is 1. The second kappa shape index (κ2) is 6.53. The van der Waals surface area contributed by atoms with Crippen molar-refractivity contribution in [2.24, 2.45) is 4.99 Å². The first kappa shape index (κ1) is 15.7. The largest absolute Gasteiger partial charge is 0.506 e. The third-order valence-corrected chi connectivity index (χ3v) is 5.91. The standard InChI is InChI=1S/C16H12Br2N2OS/c17-10-5-9(15(21)13(18)6-10)8-20-16-12(7-19)11-3-1-2-4-14(11)22-16/h5-6,8,21H,1-4H2/b20-8+. The molecule has 0 aliphatic heterocycles. The number of nitriles is 1. The van der Waals surface area contributed by atoms with E-state index >= 15 is 0 Å². The number of benzene rings is 1. The zero-order valence-electron chi connectivity index (χ0n) is 11.6. The number of rotatable bonds is 2. The number of aryl methyl sites for hydroxylation is 1. The van der Waals surface area contributed by atoms with Gasteiger partial charge in [-0.1, -0.05) is 15.9 Å². The molecular weight excluding hydrogens is 428 g/mol. The van der Waals surface area contributed by atoms with Gasteiger partial charge in [-0.15, -0.1) is 11.3 Å². The van der Waals surface area contributed by atoms with Crippen molar-refractivity contribution in [3.8, 4) is 11.8 Å². The molecule has 0 radical (unpaired) electrons. The summed E-state index contributed by atoms with van der Waals surface area (Å²) in [6, 6.07) is 5.86. The molecule has 0 amide bonds. The highest BCUT2D eigenvalue weighted by Gasteiger charge is 2.20. The molecule has 1 aromatic carbocycles. The minimum absolute atomic E-state index is 0.145. The van der Waals surface area contributed by atoms with Gasteiger partial charge in [-0.3, -0.25) is 0 Å². The van der Waals surface area contributed by atoms with Crippen LogP contribution in [0.2, 0.25) is 0 Å². The Kier molecular flexibility index (Phi) is 4.67. The van der Waals surface area contributed by atoms with Crippen LogP contribution in [-0.4, -0.2) is 11.3 Å². The maximum atomic E-state index is 10.1. The van der Waals surface area contributed by atoms with Crippen molar-refractivity contribution in [2.45, 2.75) is 25.7 Å². The molecule has 0 spiro atoms. The van der Waals surface area contributed by atoms with Crippen LogP contribution in [-0.2, 0) is 12.8 Å². The van der Waals surface area contributed by atoms with Gasteiger partial charge < -0.3 is 5.11 Å². The monoisotopic (exact) mass is 438 g/mol. The van der Waals surface area contributed by atoms with Crippen LogP contribution in [0.15, 0.2) is 26.1 Å². The average molecular weight is 440 g/mol. The van der Waals surface area contributed by atoms with Crippen LogP contribution in [0.3, 0.4) is 0 Å². The molecule has 2 aromatic rings. The highest BCUT2D eigenvalue weighted by molar-refractivity contribution is 9.11. The summed E-state index contributed by atoms with van der Waals surface area (Å²) in [6.45, 7) is 0. The van der Waals surface area contributed by atoms with Gasteiger partial charge in [0.2, 0.25) is 0 Å². The van der Waals surface area contributed by atoms with Crippen molar-refractivity contribution in [1.29, 1.82) is 5.26 Å². The van der Waals surface area contributed by atoms with Crippen molar-refractivity contribution < 1.29 is 5.11 Å². The van der Waals surface area contributed by atoms with Crippen LogP contribution in [0.25, 0.3) is 0 Å². The Morgan fingerprint density at radius 3 is 2.82 bits per heavy atom. The number of phenols is 1. The fourth-order valence-corrected chi connectivity index (χ4v) is 5.01. The molecule has 1 aliphatic rings. The number of nitrogens with zero attached hydrogens (tertiary/aromatic N) is 2. The van der Waals surface area contributed by atoms with Gasteiger partial charge in [-0.05, 0) is 59.3 Å². The number of hydrogen-bond donors (Lipinski definition) is 1. The molecule has 112 valence electrons. The summed E-state index contributed by atoms with van der Waals surface area (Å²) in [5, 5.41) is 20.2. The summed E-state index contributed by atoms with van der Waals surface area (Å²) in [5.74, 6) is 0.145. The lowest BCUT2D eigenvalue weighted by Crippen LogP contribution is -1.99. The third kappa shape index (κ3) is 2.98. The molecular formula is C16H12Br2N2OS. The van der Waals surface area contributed by atoms with Gasteiger partial charge in [0, 0.05) is 21.1 Å². The first-order valence-corrected chi connectivity index (χ1v) is 9.27. The van der Waals surface area contributed by atoms with E-state index in [1.807, 2.05) is 0 Å². The van der Waals surface area contributed by atoms with Crippen LogP contribution >= 0.6 is 43.2 Å². The van der Waals surface area contributed by atoms with E-state index in [0.717, 1.165) is 28.7 Å². The summed E-state index contributed by atoms with van der Waals surface area (Å²) in [5.41, 5.74) is 2.48. The average Bonchev–Trinajstić information content (AvgIpc) is 2.86. The summed E-state index contributed by atoms with van der Waals surface area (Å²) in [4.78, 5) is 5.75. The zero-order chi connectivity index (χ0) is 15.7. The van der Waals surface area contributed by atoms with Gasteiger partial charge >= 0.3 is 0 Å². The molecule has 0 bridgehead atoms. The minimum Gasteiger partial charge on any atom is -0.506 e. The van der Waals surface area contributed by atoms with E-state index in [-0.39, 0.29) is 5.75 Å². The molecule has 6 heteroatoms. The Morgan fingerprint density at radius 2 is 2.05 bits per heavy atom. The van der Waals surface area contributed by atoms with Crippen LogP contribution in [0.1, 0.15) is 34.4 Å². The molecule has 22 heavy (non-hydrogen) atoms. The topological polar surface area (TPSA) is 56.4 Å². The van der Waals surface area contributed by atoms with Gasteiger partial charge in [-0.2, -0.15) is 5.26 Å². The fraction of sp³-hybridized carbons (Fsp3) is 0.250. The maximum Gasteiger partial charge on any atom is 0.138 e. The molecule has 0 saturated carbocycles. The van der Waals surface area contributed by atoms with Gasteiger partial charge in [0.05, 0.1) is 10.0 Å². The number of aliphatic imine (C=N–C) groups is 1. The van der Waals surface area contributed by atoms with Crippen molar-refractivity contribution in [2.75, 3.05) is 0 Å². The second-order valence-corrected chi connectivity index (χ2v) is 7.94. The normalized spacial score (nSPS) is 14.0. The number of thiophene rings is 1. The zero-order valence-corrected chi connectivity index (χ0v) is 15.6. The molecule has 0 unspecified atom stereocenters. The number of hydrogen-bond acceptors (Lipinski definition) is 4. The molecule has 3 rings (SSSR count). The van der Waals surface area contributed by atoms with Crippen molar-refractivity contribution in [3.05, 3.63) is 42.6 Å². The predicted molar refractivity (Wildman–Crippen MR) is 96.4 cm³/mol. The molecule has 1 heterocycles. The Balaban J connectivity index is 2.00. The molecule has 0 saturated heterocycles. The Morgan fingerprint density at radius 1 is 1.27 bits per heavy atom.